The van der Waals surface area contributed by atoms with Gasteiger partial charge in [0.05, 0.1) is 0 Å². The highest BCUT2D eigenvalue weighted by molar-refractivity contribution is 5.82. The molecule has 18 heavy (non-hydrogen) atoms. The maximum Gasteiger partial charge on any atom is 0.490 e. The van der Waals surface area contributed by atoms with Crippen molar-refractivity contribution in [3.05, 3.63) is 12.2 Å². The molecule has 4 nitrogen and oxygen atoms in total. The van der Waals surface area contributed by atoms with Crippen LogP contribution >= 0.6 is 0 Å². The standard InChI is InChI=1S/C8H6F6O4/c9-7(10,11)4-18-5(15)2-1-3-17-6(16)8(12,13)14/h1-2H,3-4H2/b2-1+. The fourth-order valence-electron chi connectivity index (χ4n) is 0.551. The molecule has 0 fully saturated rings. The highest BCUT2D eigenvalue weighted by Crippen LogP contribution is 2.16. The van der Waals surface area contributed by atoms with E-state index in [1.807, 2.05) is 0 Å². The summed E-state index contributed by atoms with van der Waals surface area (Å²) < 4.78 is 76.6. The monoisotopic (exact) mass is 280 g/mol. The average Bonchev–Trinajstić information content (AvgIpc) is 2.18. The molecule has 0 saturated carbocycles. The van der Waals surface area contributed by atoms with Crippen molar-refractivity contribution in [2.75, 3.05) is 13.2 Å². The van der Waals surface area contributed by atoms with Gasteiger partial charge in [-0.3, -0.25) is 0 Å². The molecule has 0 spiro atoms. The fraction of sp³-hybridized carbons (Fsp3) is 0.500. The molecule has 0 radical (unpaired) electrons. The van der Waals surface area contributed by atoms with Crippen molar-refractivity contribution in [1.82, 2.24) is 0 Å². The Labute approximate surface area is 96.1 Å². The average molecular weight is 280 g/mol. The Balaban J connectivity index is 3.91. The van der Waals surface area contributed by atoms with Crippen LogP contribution in [0.15, 0.2) is 12.2 Å². The number of halogens is 6. The molecule has 0 unspecified atom stereocenters. The van der Waals surface area contributed by atoms with E-state index in [0.29, 0.717) is 12.2 Å². The summed E-state index contributed by atoms with van der Waals surface area (Å²) in [7, 11) is 0. The van der Waals surface area contributed by atoms with Gasteiger partial charge in [0.15, 0.2) is 6.61 Å². The van der Waals surface area contributed by atoms with E-state index in [0.717, 1.165) is 0 Å². The summed E-state index contributed by atoms with van der Waals surface area (Å²) in [6.45, 7) is -2.74. The van der Waals surface area contributed by atoms with Crippen LogP contribution in [0.1, 0.15) is 0 Å². The van der Waals surface area contributed by atoms with Gasteiger partial charge < -0.3 is 9.47 Å². The first-order valence-electron chi connectivity index (χ1n) is 4.16. The lowest BCUT2D eigenvalue weighted by molar-refractivity contribution is -0.198. The van der Waals surface area contributed by atoms with Crippen LogP contribution in [0.2, 0.25) is 0 Å². The van der Waals surface area contributed by atoms with E-state index in [9.17, 15) is 35.9 Å². The smallest absolute Gasteiger partial charge is 0.455 e. The Morgan fingerprint density at radius 1 is 1.00 bits per heavy atom. The molecule has 0 aromatic rings. The summed E-state index contributed by atoms with van der Waals surface area (Å²) in [5.41, 5.74) is 0. The minimum absolute atomic E-state index is 0.412. The van der Waals surface area contributed by atoms with Gasteiger partial charge in [-0.2, -0.15) is 26.3 Å². The van der Waals surface area contributed by atoms with Crippen molar-refractivity contribution in [2.45, 2.75) is 12.4 Å². The molecule has 0 rings (SSSR count). The summed E-state index contributed by atoms with van der Waals surface area (Å²) in [6.07, 6.45) is -8.85. The van der Waals surface area contributed by atoms with Gasteiger partial charge in [-0.25, -0.2) is 9.59 Å². The van der Waals surface area contributed by atoms with Crippen LogP contribution in [-0.2, 0) is 19.1 Å². The first-order chi connectivity index (χ1) is 8.02. The highest BCUT2D eigenvalue weighted by Gasteiger charge is 2.40. The molecule has 0 bridgehead atoms. The number of alkyl halides is 6. The summed E-state index contributed by atoms with van der Waals surface area (Å²) in [4.78, 5) is 20.7. The number of hydrogen-bond acceptors (Lipinski definition) is 4. The van der Waals surface area contributed by atoms with Crippen LogP contribution in [0.25, 0.3) is 0 Å². The molecule has 0 aromatic carbocycles. The number of esters is 2. The van der Waals surface area contributed by atoms with Gasteiger partial charge in [0.1, 0.15) is 6.61 Å². The molecular weight excluding hydrogens is 274 g/mol. The van der Waals surface area contributed by atoms with E-state index in [4.69, 9.17) is 0 Å². The van der Waals surface area contributed by atoms with Crippen molar-refractivity contribution in [2.24, 2.45) is 0 Å². The van der Waals surface area contributed by atoms with Crippen LogP contribution in [-0.4, -0.2) is 37.5 Å². The van der Waals surface area contributed by atoms with E-state index in [2.05, 4.69) is 9.47 Å². The second kappa shape index (κ2) is 6.26. The third-order valence-electron chi connectivity index (χ3n) is 1.17. The van der Waals surface area contributed by atoms with E-state index < -0.39 is 37.5 Å². The van der Waals surface area contributed by atoms with Gasteiger partial charge in [-0.05, 0) is 6.08 Å². The third kappa shape index (κ3) is 8.42. The second-order valence-electron chi connectivity index (χ2n) is 2.72. The van der Waals surface area contributed by atoms with E-state index >= 15 is 0 Å². The summed E-state index contributed by atoms with van der Waals surface area (Å²) in [5, 5.41) is 0. The van der Waals surface area contributed by atoms with Crippen molar-refractivity contribution in [3.8, 4) is 0 Å². The third-order valence-corrected chi connectivity index (χ3v) is 1.17. The number of carbonyl (C=O) groups excluding carboxylic acids is 2. The minimum Gasteiger partial charge on any atom is -0.455 e. The molecule has 0 aliphatic heterocycles. The maximum absolute atomic E-state index is 11.6. The van der Waals surface area contributed by atoms with Crippen LogP contribution in [0.3, 0.4) is 0 Å². The van der Waals surface area contributed by atoms with Gasteiger partial charge in [-0.1, -0.05) is 0 Å². The minimum atomic E-state index is -5.18. The topological polar surface area (TPSA) is 52.6 Å². The largest absolute Gasteiger partial charge is 0.490 e. The SMILES string of the molecule is O=C(/C=C/COC(=O)C(F)(F)F)OCC(F)(F)F. The Morgan fingerprint density at radius 2 is 1.56 bits per heavy atom. The second-order valence-corrected chi connectivity index (χ2v) is 2.72. The molecule has 104 valence electrons. The summed E-state index contributed by atoms with van der Waals surface area (Å²) in [5.74, 6) is -3.90. The lowest BCUT2D eigenvalue weighted by Crippen LogP contribution is -2.25. The lowest BCUT2D eigenvalue weighted by Gasteiger charge is -2.05. The molecule has 0 saturated heterocycles. The molecule has 0 aliphatic carbocycles. The van der Waals surface area contributed by atoms with E-state index in [1.54, 1.807) is 0 Å². The maximum atomic E-state index is 11.6. The first-order valence-corrected chi connectivity index (χ1v) is 4.16. The summed E-state index contributed by atoms with van der Waals surface area (Å²) in [6, 6.07) is 0. The lowest BCUT2D eigenvalue weighted by atomic mass is 10.5. The number of hydrogen-bond donors (Lipinski definition) is 0. The van der Waals surface area contributed by atoms with Crippen molar-refractivity contribution >= 4 is 11.9 Å². The zero-order chi connectivity index (χ0) is 14.4. The van der Waals surface area contributed by atoms with Crippen LogP contribution in [0.4, 0.5) is 26.3 Å². The van der Waals surface area contributed by atoms with Crippen molar-refractivity contribution in [1.29, 1.82) is 0 Å². The Hall–Kier alpha value is -1.74. The van der Waals surface area contributed by atoms with Crippen LogP contribution in [0.5, 0.6) is 0 Å². The Morgan fingerprint density at radius 3 is 2.00 bits per heavy atom. The van der Waals surface area contributed by atoms with Crippen LogP contribution < -0.4 is 0 Å². The van der Waals surface area contributed by atoms with Gasteiger partial charge in [-0.15, -0.1) is 0 Å². The van der Waals surface area contributed by atoms with Gasteiger partial charge in [0, 0.05) is 6.08 Å². The Bertz CT molecular complexity index is 329. The molecule has 10 heteroatoms. The zero-order valence-corrected chi connectivity index (χ0v) is 8.47. The van der Waals surface area contributed by atoms with Gasteiger partial charge >= 0.3 is 24.3 Å². The zero-order valence-electron chi connectivity index (χ0n) is 8.47. The fourth-order valence-corrected chi connectivity index (χ4v) is 0.551. The quantitative estimate of drug-likeness (QED) is 0.447. The molecule has 0 aromatic heterocycles. The highest BCUT2D eigenvalue weighted by atomic mass is 19.4. The van der Waals surface area contributed by atoms with Crippen molar-refractivity contribution < 1.29 is 45.4 Å². The summed E-state index contributed by atoms with van der Waals surface area (Å²) >= 11 is 0. The molecule has 0 N–H and O–H groups in total. The van der Waals surface area contributed by atoms with Gasteiger partial charge in [0.2, 0.25) is 0 Å². The number of carbonyl (C=O) groups is 2. The molecule has 0 amide bonds. The molecule has 0 heterocycles. The first kappa shape index (κ1) is 16.3. The normalized spacial score (nSPS) is 12.6. The predicted molar refractivity (Wildman–Crippen MR) is 43.2 cm³/mol. The number of rotatable bonds is 4. The van der Waals surface area contributed by atoms with Crippen molar-refractivity contribution in [3.63, 3.8) is 0 Å². The Kier molecular flexibility index (Phi) is 5.66. The van der Waals surface area contributed by atoms with E-state index in [1.165, 1.54) is 0 Å². The van der Waals surface area contributed by atoms with Gasteiger partial charge in [0.25, 0.3) is 0 Å². The van der Waals surface area contributed by atoms with E-state index in [-0.39, 0.29) is 0 Å². The molecular formula is C8H6F6O4. The number of ether oxygens (including phenoxy) is 2. The molecule has 0 aliphatic rings. The molecule has 0 atom stereocenters. The predicted octanol–water partition coefficient (Wildman–Crippen LogP) is 1.75. The van der Waals surface area contributed by atoms with Crippen LogP contribution in [0, 0.1) is 0 Å².